The Bertz CT molecular complexity index is 525. The fraction of sp³-hybridized carbons (Fsp3) is 0.600. The van der Waals surface area contributed by atoms with Gasteiger partial charge in [-0.25, -0.2) is 8.42 Å². The van der Waals surface area contributed by atoms with E-state index in [2.05, 4.69) is 17.1 Å². The first-order valence-electron chi connectivity index (χ1n) is 7.24. The first-order chi connectivity index (χ1) is 9.49. The highest BCUT2D eigenvalue weighted by molar-refractivity contribution is 7.90. The van der Waals surface area contributed by atoms with E-state index in [1.807, 2.05) is 12.1 Å². The van der Waals surface area contributed by atoms with Gasteiger partial charge in [-0.2, -0.15) is 0 Å². The Morgan fingerprint density at radius 3 is 2.60 bits per heavy atom. The van der Waals surface area contributed by atoms with Crippen LogP contribution in [-0.2, 0) is 16.4 Å². The maximum atomic E-state index is 11.4. The van der Waals surface area contributed by atoms with Gasteiger partial charge in [0, 0.05) is 25.4 Å². The second-order valence-corrected chi connectivity index (χ2v) is 7.58. The van der Waals surface area contributed by atoms with E-state index < -0.39 is 9.84 Å². The molecule has 0 aliphatic carbocycles. The summed E-state index contributed by atoms with van der Waals surface area (Å²) in [6.07, 6.45) is 3.55. The predicted octanol–water partition coefficient (Wildman–Crippen LogP) is 1.66. The third kappa shape index (κ3) is 4.30. The highest BCUT2D eigenvalue weighted by atomic mass is 32.2. The molecule has 1 aromatic carbocycles. The standard InChI is InChI=1S/C15H24N2O2S/c1-3-14-12-17(10-4-9-16-14)11-13-5-7-15(8-6-13)20(2,18)19/h5-8,14,16H,3-4,9-12H2,1-2H3. The van der Waals surface area contributed by atoms with Crippen molar-refractivity contribution in [3.05, 3.63) is 29.8 Å². The van der Waals surface area contributed by atoms with Crippen molar-refractivity contribution in [1.29, 1.82) is 0 Å². The van der Waals surface area contributed by atoms with Crippen molar-refractivity contribution < 1.29 is 8.42 Å². The topological polar surface area (TPSA) is 49.4 Å². The third-order valence-electron chi connectivity index (χ3n) is 3.81. The Balaban J connectivity index is 2.02. The average Bonchev–Trinajstić information content (AvgIpc) is 2.63. The largest absolute Gasteiger partial charge is 0.313 e. The van der Waals surface area contributed by atoms with Crippen LogP contribution < -0.4 is 5.32 Å². The maximum absolute atomic E-state index is 11.4. The highest BCUT2D eigenvalue weighted by Crippen LogP contribution is 2.13. The van der Waals surface area contributed by atoms with Crippen LogP contribution in [0.15, 0.2) is 29.2 Å². The zero-order valence-electron chi connectivity index (χ0n) is 12.3. The SMILES string of the molecule is CCC1CN(Cc2ccc(S(C)(=O)=O)cc2)CCCN1. The first kappa shape index (κ1) is 15.5. The number of nitrogens with one attached hydrogen (secondary N) is 1. The lowest BCUT2D eigenvalue weighted by Crippen LogP contribution is -2.36. The molecule has 4 nitrogen and oxygen atoms in total. The molecule has 0 aromatic heterocycles. The fourth-order valence-electron chi connectivity index (χ4n) is 2.59. The van der Waals surface area contributed by atoms with Gasteiger partial charge in [-0.1, -0.05) is 19.1 Å². The van der Waals surface area contributed by atoms with Crippen molar-refractivity contribution in [2.45, 2.75) is 37.2 Å². The summed E-state index contributed by atoms with van der Waals surface area (Å²) in [5.41, 5.74) is 1.18. The molecule has 1 saturated heterocycles. The average molecular weight is 296 g/mol. The number of hydrogen-bond donors (Lipinski definition) is 1. The molecule has 1 aliphatic rings. The first-order valence-corrected chi connectivity index (χ1v) is 9.13. The molecule has 2 rings (SSSR count). The predicted molar refractivity (Wildman–Crippen MR) is 81.5 cm³/mol. The summed E-state index contributed by atoms with van der Waals surface area (Å²) in [6, 6.07) is 7.83. The van der Waals surface area contributed by atoms with Crippen LogP contribution in [0.25, 0.3) is 0 Å². The Morgan fingerprint density at radius 2 is 2.00 bits per heavy atom. The van der Waals surface area contributed by atoms with Crippen LogP contribution >= 0.6 is 0 Å². The molecule has 0 spiro atoms. The molecule has 20 heavy (non-hydrogen) atoms. The van der Waals surface area contributed by atoms with Crippen molar-refractivity contribution in [2.24, 2.45) is 0 Å². The zero-order valence-corrected chi connectivity index (χ0v) is 13.1. The zero-order chi connectivity index (χ0) is 14.6. The lowest BCUT2D eigenvalue weighted by Gasteiger charge is -2.23. The molecular weight excluding hydrogens is 272 g/mol. The third-order valence-corrected chi connectivity index (χ3v) is 4.94. The molecule has 1 aromatic rings. The molecule has 5 heteroatoms. The minimum absolute atomic E-state index is 0.394. The molecule has 112 valence electrons. The smallest absolute Gasteiger partial charge is 0.175 e. The van der Waals surface area contributed by atoms with Crippen molar-refractivity contribution >= 4 is 9.84 Å². The molecule has 0 radical (unpaired) electrons. The van der Waals surface area contributed by atoms with Gasteiger partial charge in [0.2, 0.25) is 0 Å². The summed E-state index contributed by atoms with van der Waals surface area (Å²) in [5, 5.41) is 3.56. The lowest BCUT2D eigenvalue weighted by molar-refractivity contribution is 0.257. The summed E-state index contributed by atoms with van der Waals surface area (Å²) < 4.78 is 22.9. The van der Waals surface area contributed by atoms with Gasteiger partial charge in [0.25, 0.3) is 0 Å². The van der Waals surface area contributed by atoms with E-state index in [-0.39, 0.29) is 0 Å². The van der Waals surface area contributed by atoms with Gasteiger partial charge in [0.1, 0.15) is 0 Å². The van der Waals surface area contributed by atoms with Crippen LogP contribution in [0.1, 0.15) is 25.3 Å². The molecular formula is C15H24N2O2S. The molecule has 1 aliphatic heterocycles. The van der Waals surface area contributed by atoms with E-state index in [4.69, 9.17) is 0 Å². The number of benzene rings is 1. The Kier molecular flexibility index (Phi) is 5.18. The number of rotatable bonds is 4. The van der Waals surface area contributed by atoms with Crippen molar-refractivity contribution in [2.75, 3.05) is 25.9 Å². The minimum atomic E-state index is -3.09. The van der Waals surface area contributed by atoms with Gasteiger partial charge in [0.15, 0.2) is 9.84 Å². The van der Waals surface area contributed by atoms with E-state index in [1.54, 1.807) is 12.1 Å². The Labute approximate surface area is 122 Å². The molecule has 1 fully saturated rings. The van der Waals surface area contributed by atoms with Gasteiger partial charge in [-0.05, 0) is 43.6 Å². The molecule has 1 heterocycles. The summed E-state index contributed by atoms with van der Waals surface area (Å²) >= 11 is 0. The monoisotopic (exact) mass is 296 g/mol. The molecule has 0 amide bonds. The van der Waals surface area contributed by atoms with E-state index in [0.717, 1.165) is 39.0 Å². The van der Waals surface area contributed by atoms with Gasteiger partial charge in [-0.15, -0.1) is 0 Å². The highest BCUT2D eigenvalue weighted by Gasteiger charge is 2.16. The fourth-order valence-corrected chi connectivity index (χ4v) is 3.22. The lowest BCUT2D eigenvalue weighted by atomic mass is 10.2. The van der Waals surface area contributed by atoms with E-state index >= 15 is 0 Å². The maximum Gasteiger partial charge on any atom is 0.175 e. The summed E-state index contributed by atoms with van der Waals surface area (Å²) in [5.74, 6) is 0. The summed E-state index contributed by atoms with van der Waals surface area (Å²) in [7, 11) is -3.09. The summed E-state index contributed by atoms with van der Waals surface area (Å²) in [4.78, 5) is 2.84. The van der Waals surface area contributed by atoms with Crippen LogP contribution in [0.4, 0.5) is 0 Å². The van der Waals surface area contributed by atoms with Gasteiger partial charge < -0.3 is 5.32 Å². The second kappa shape index (κ2) is 6.70. The molecule has 1 unspecified atom stereocenters. The Hall–Kier alpha value is -0.910. The molecule has 0 saturated carbocycles. The van der Waals surface area contributed by atoms with Crippen LogP contribution in [0, 0.1) is 0 Å². The molecule has 1 N–H and O–H groups in total. The van der Waals surface area contributed by atoms with E-state index in [9.17, 15) is 8.42 Å². The second-order valence-electron chi connectivity index (χ2n) is 5.56. The van der Waals surface area contributed by atoms with E-state index in [0.29, 0.717) is 10.9 Å². The Morgan fingerprint density at radius 1 is 1.30 bits per heavy atom. The molecule has 1 atom stereocenters. The van der Waals surface area contributed by atoms with Crippen LogP contribution in [0.3, 0.4) is 0 Å². The van der Waals surface area contributed by atoms with Crippen LogP contribution in [-0.4, -0.2) is 45.2 Å². The number of sulfone groups is 1. The van der Waals surface area contributed by atoms with Gasteiger partial charge in [0.05, 0.1) is 4.90 Å². The number of hydrogen-bond acceptors (Lipinski definition) is 4. The number of nitrogens with zero attached hydrogens (tertiary/aromatic N) is 1. The molecule has 0 bridgehead atoms. The van der Waals surface area contributed by atoms with Gasteiger partial charge in [-0.3, -0.25) is 4.90 Å². The van der Waals surface area contributed by atoms with Crippen LogP contribution in [0.5, 0.6) is 0 Å². The summed E-state index contributed by atoms with van der Waals surface area (Å²) in [6.45, 7) is 6.34. The van der Waals surface area contributed by atoms with Crippen molar-refractivity contribution in [3.8, 4) is 0 Å². The minimum Gasteiger partial charge on any atom is -0.313 e. The van der Waals surface area contributed by atoms with Crippen LogP contribution in [0.2, 0.25) is 0 Å². The van der Waals surface area contributed by atoms with Gasteiger partial charge >= 0.3 is 0 Å². The quantitative estimate of drug-likeness (QED) is 0.918. The normalized spacial score (nSPS) is 21.6. The van der Waals surface area contributed by atoms with E-state index in [1.165, 1.54) is 11.8 Å². The van der Waals surface area contributed by atoms with Crippen molar-refractivity contribution in [1.82, 2.24) is 10.2 Å². The van der Waals surface area contributed by atoms with Crippen molar-refractivity contribution in [3.63, 3.8) is 0 Å².